The molecule has 4 aromatic rings. The van der Waals surface area contributed by atoms with Crippen molar-refractivity contribution in [2.24, 2.45) is 10.3 Å². The smallest absolute Gasteiger partial charge is 0.391 e. The number of halogens is 3. The fourth-order valence-electron chi connectivity index (χ4n) is 9.29. The Kier molecular flexibility index (Phi) is 19.7. The van der Waals surface area contributed by atoms with Crippen molar-refractivity contribution in [3.8, 4) is 0 Å². The standard InChI is InChI=1S/C28H38N2O.C25H28F3NO2.CO2/c1-4-24-18-26(12-13-27(24)19-30-15-8-16-30)22(3)29-31-20-23-11-14-28(21(2)17-23)25-9-6-5-7-10-25;1-3-19-14-21(10-11-22(19)15-30)17(2)29-31-16-18-9-12-23(20-7-5-4-6-8-20)24(13-18)25(26,27)28;2-1-3/h11-14,17-18,25H,4-10,15-16,19-20H2,1-3H3;9-15,20H,3-8,16H2,1-2H3;/b29-22+;29-17+;. The molecule has 0 bridgehead atoms. The average Bonchev–Trinajstić information content (AvgIpc) is 3.30. The van der Waals surface area contributed by atoms with Gasteiger partial charge in [-0.05, 0) is 164 Å². The predicted molar refractivity (Wildman–Crippen MR) is 250 cm³/mol. The molecule has 3 aliphatic rings. The first-order valence-corrected chi connectivity index (χ1v) is 23.4. The number of hydrogen-bond acceptors (Lipinski definition) is 8. The molecule has 0 radical (unpaired) electrons. The van der Waals surface area contributed by atoms with Gasteiger partial charge >= 0.3 is 12.3 Å². The van der Waals surface area contributed by atoms with Gasteiger partial charge in [0.05, 0.1) is 17.0 Å². The number of likely N-dealkylation sites (tertiary alicyclic amines) is 1. The number of alkyl halides is 3. The van der Waals surface area contributed by atoms with Crippen molar-refractivity contribution >= 4 is 23.9 Å². The molecule has 8 nitrogen and oxygen atoms in total. The Morgan fingerprint density at radius 2 is 1.18 bits per heavy atom. The summed E-state index contributed by atoms with van der Waals surface area (Å²) in [6, 6.07) is 23.5. The Morgan fingerprint density at radius 1 is 0.677 bits per heavy atom. The Labute approximate surface area is 383 Å². The highest BCUT2D eigenvalue weighted by Crippen LogP contribution is 2.41. The molecule has 11 heteroatoms. The lowest BCUT2D eigenvalue weighted by atomic mass is 9.81. The second-order valence-corrected chi connectivity index (χ2v) is 17.6. The minimum absolute atomic E-state index is 0.0253. The number of aldehydes is 1. The normalized spacial score (nSPS) is 16.2. The van der Waals surface area contributed by atoms with E-state index < -0.39 is 11.7 Å². The van der Waals surface area contributed by atoms with Crippen LogP contribution in [0.25, 0.3) is 0 Å². The van der Waals surface area contributed by atoms with E-state index in [0.29, 0.717) is 35.4 Å². The van der Waals surface area contributed by atoms with Gasteiger partial charge in [0, 0.05) is 12.1 Å². The largest absolute Gasteiger partial charge is 0.416 e. The summed E-state index contributed by atoms with van der Waals surface area (Å²) in [5.41, 5.74) is 12.4. The van der Waals surface area contributed by atoms with Gasteiger partial charge in [-0.3, -0.25) is 9.69 Å². The highest BCUT2D eigenvalue weighted by molar-refractivity contribution is 5.99. The van der Waals surface area contributed by atoms with Crippen LogP contribution in [-0.2, 0) is 58.0 Å². The molecule has 0 unspecified atom stereocenters. The van der Waals surface area contributed by atoms with Crippen molar-refractivity contribution in [2.45, 2.75) is 156 Å². The van der Waals surface area contributed by atoms with Crippen molar-refractivity contribution in [1.82, 2.24) is 4.90 Å². The van der Waals surface area contributed by atoms with Crippen LogP contribution in [0.15, 0.2) is 83.1 Å². The summed E-state index contributed by atoms with van der Waals surface area (Å²) >= 11 is 0. The monoisotopic (exact) mass is 893 g/mol. The van der Waals surface area contributed by atoms with Crippen LogP contribution in [0.1, 0.15) is 182 Å². The fraction of sp³-hybridized carbons (Fsp3) is 0.481. The first-order valence-electron chi connectivity index (χ1n) is 23.4. The first-order chi connectivity index (χ1) is 31.4. The van der Waals surface area contributed by atoms with E-state index in [-0.39, 0.29) is 18.7 Å². The number of nitrogens with zero attached hydrogens (tertiary/aromatic N) is 3. The van der Waals surface area contributed by atoms with Crippen LogP contribution in [-0.4, -0.2) is 41.9 Å². The highest BCUT2D eigenvalue weighted by Gasteiger charge is 2.36. The quantitative estimate of drug-likeness (QED) is 0.0670. The van der Waals surface area contributed by atoms with Crippen LogP contribution < -0.4 is 0 Å². The Balaban J connectivity index is 0.000000230. The van der Waals surface area contributed by atoms with Gasteiger partial charge in [0.2, 0.25) is 0 Å². The molecule has 65 heavy (non-hydrogen) atoms. The number of aryl methyl sites for hydroxylation is 3. The molecule has 3 fully saturated rings. The number of carbonyl (C=O) groups excluding carboxylic acids is 3. The number of rotatable bonds is 15. The Bertz CT molecular complexity index is 2260. The van der Waals surface area contributed by atoms with E-state index >= 15 is 0 Å². The molecule has 1 saturated heterocycles. The zero-order chi connectivity index (χ0) is 46.8. The minimum atomic E-state index is -4.39. The maximum Gasteiger partial charge on any atom is 0.416 e. The SMILES string of the molecule is CCc1cc(/C(C)=N/OCc2ccc(C3CCCCC3)c(C(F)(F)F)c2)ccc1C=O.CCc1cc(/C(C)=N/OCc2ccc(C3CCCCC3)c(C)c2)ccc1CN1CCC1.O=C=O. The molecule has 0 atom stereocenters. The van der Waals surface area contributed by atoms with Gasteiger partial charge in [-0.1, -0.05) is 117 Å². The molecule has 7 rings (SSSR count). The third kappa shape index (κ3) is 14.8. The van der Waals surface area contributed by atoms with Gasteiger partial charge in [-0.15, -0.1) is 0 Å². The second kappa shape index (κ2) is 25.4. The average molecular weight is 894 g/mol. The molecule has 1 aliphatic heterocycles. The first kappa shape index (κ1) is 50.6. The minimum Gasteiger partial charge on any atom is -0.391 e. The number of carbonyl (C=O) groups is 1. The Hall–Kier alpha value is -5.38. The lowest BCUT2D eigenvalue weighted by molar-refractivity contribution is -0.191. The van der Waals surface area contributed by atoms with Crippen molar-refractivity contribution in [3.63, 3.8) is 0 Å². The van der Waals surface area contributed by atoms with E-state index in [1.54, 1.807) is 31.2 Å². The zero-order valence-corrected chi connectivity index (χ0v) is 38.9. The van der Waals surface area contributed by atoms with Crippen LogP contribution in [0, 0.1) is 6.92 Å². The molecule has 0 amide bonds. The molecule has 2 aliphatic carbocycles. The van der Waals surface area contributed by atoms with Crippen LogP contribution in [0.4, 0.5) is 13.2 Å². The van der Waals surface area contributed by atoms with Gasteiger partial charge in [0.15, 0.2) is 0 Å². The van der Waals surface area contributed by atoms with E-state index in [1.807, 2.05) is 19.9 Å². The summed E-state index contributed by atoms with van der Waals surface area (Å²) in [5, 5.41) is 8.50. The maximum atomic E-state index is 13.7. The van der Waals surface area contributed by atoms with Gasteiger partial charge in [0.1, 0.15) is 19.5 Å². The predicted octanol–water partition coefficient (Wildman–Crippen LogP) is 13.2. The molecule has 0 aromatic heterocycles. The number of benzene rings is 4. The summed E-state index contributed by atoms with van der Waals surface area (Å²) in [6.45, 7) is 14.3. The van der Waals surface area contributed by atoms with E-state index in [4.69, 9.17) is 19.3 Å². The lowest BCUT2D eigenvalue weighted by Crippen LogP contribution is -2.36. The number of hydrogen-bond donors (Lipinski definition) is 0. The maximum absolute atomic E-state index is 13.7. The summed E-state index contributed by atoms with van der Waals surface area (Å²) in [4.78, 5) is 41.0. The summed E-state index contributed by atoms with van der Waals surface area (Å²) in [7, 11) is 0. The summed E-state index contributed by atoms with van der Waals surface area (Å²) in [6.07, 6.45) is 11.3. The van der Waals surface area contributed by atoms with Crippen molar-refractivity contribution < 1.29 is 37.2 Å². The number of oxime groups is 2. The fourth-order valence-corrected chi connectivity index (χ4v) is 9.29. The topological polar surface area (TPSA) is 97.6 Å². The van der Waals surface area contributed by atoms with Crippen molar-refractivity contribution in [3.05, 3.63) is 140 Å². The molecule has 4 aromatic carbocycles. The van der Waals surface area contributed by atoms with Crippen LogP contribution in [0.2, 0.25) is 0 Å². The van der Waals surface area contributed by atoms with Crippen molar-refractivity contribution in [1.29, 1.82) is 0 Å². The molecule has 0 spiro atoms. The van der Waals surface area contributed by atoms with Gasteiger partial charge in [0.25, 0.3) is 0 Å². The van der Waals surface area contributed by atoms with Crippen LogP contribution in [0.3, 0.4) is 0 Å². The molecule has 348 valence electrons. The molecule has 1 heterocycles. The third-order valence-electron chi connectivity index (χ3n) is 13.1. The molecular formula is C54H66F3N3O5. The third-order valence-corrected chi connectivity index (χ3v) is 13.1. The van der Waals surface area contributed by atoms with Gasteiger partial charge in [-0.25, -0.2) is 0 Å². The summed E-state index contributed by atoms with van der Waals surface area (Å²) in [5.74, 6) is 0.725. The molecule has 0 N–H and O–H groups in total. The van der Waals surface area contributed by atoms with E-state index in [0.717, 1.165) is 79.7 Å². The summed E-state index contributed by atoms with van der Waals surface area (Å²) < 4.78 is 41.1. The molecular weight excluding hydrogens is 828 g/mol. The van der Waals surface area contributed by atoms with Gasteiger partial charge < -0.3 is 9.68 Å². The lowest BCUT2D eigenvalue weighted by Gasteiger charge is -2.31. The van der Waals surface area contributed by atoms with Crippen LogP contribution >= 0.6 is 0 Å². The second-order valence-electron chi connectivity index (χ2n) is 17.6. The Morgan fingerprint density at radius 3 is 1.68 bits per heavy atom. The van der Waals surface area contributed by atoms with E-state index in [2.05, 4.69) is 65.5 Å². The highest BCUT2D eigenvalue weighted by atomic mass is 19.4. The van der Waals surface area contributed by atoms with E-state index in [9.17, 15) is 18.0 Å². The van der Waals surface area contributed by atoms with Crippen molar-refractivity contribution in [2.75, 3.05) is 13.1 Å². The van der Waals surface area contributed by atoms with Crippen LogP contribution in [0.5, 0.6) is 0 Å². The van der Waals surface area contributed by atoms with E-state index in [1.165, 1.54) is 85.5 Å². The molecule has 2 saturated carbocycles. The van der Waals surface area contributed by atoms with Gasteiger partial charge in [-0.2, -0.15) is 22.8 Å². The zero-order valence-electron chi connectivity index (χ0n) is 38.9.